The number of halogens is 2. The number of nitrogens with zero attached hydrogens (tertiary/aromatic N) is 1. The van der Waals surface area contributed by atoms with Crippen LogP contribution in [-0.4, -0.2) is 43.0 Å². The Morgan fingerprint density at radius 3 is 2.47 bits per heavy atom. The number of carbonyl (C=O) groups excluding carboxylic acids is 2. The first-order valence-corrected chi connectivity index (χ1v) is 10.4. The molecule has 0 aromatic heterocycles. The minimum Gasteiger partial charge on any atom is -0.378 e. The average molecular weight is 434 g/mol. The number of primary amides is 1. The van der Waals surface area contributed by atoms with Crippen molar-refractivity contribution in [3.63, 3.8) is 0 Å². The van der Waals surface area contributed by atoms with E-state index in [0.29, 0.717) is 49.4 Å². The quantitative estimate of drug-likeness (QED) is 0.534. The first-order chi connectivity index (χ1) is 15.4. The van der Waals surface area contributed by atoms with Crippen LogP contribution in [0, 0.1) is 11.6 Å². The molecule has 0 atom stereocenters. The normalized spacial score (nSPS) is 14.8. The van der Waals surface area contributed by atoms with Gasteiger partial charge in [0.15, 0.2) is 11.6 Å². The lowest BCUT2D eigenvalue weighted by molar-refractivity contribution is 0.0303. The van der Waals surface area contributed by atoms with E-state index in [0.717, 1.165) is 22.8 Å². The van der Waals surface area contributed by atoms with Crippen molar-refractivity contribution < 1.29 is 23.1 Å². The summed E-state index contributed by atoms with van der Waals surface area (Å²) >= 11 is 0. The molecule has 3 aromatic rings. The highest BCUT2D eigenvalue weighted by Crippen LogP contribution is 2.42. The Hall–Kier alpha value is -3.58. The number of benzene rings is 3. The number of amides is 2. The molecule has 0 bridgehead atoms. The fourth-order valence-electron chi connectivity index (χ4n) is 4.46. The van der Waals surface area contributed by atoms with Crippen molar-refractivity contribution in [2.45, 2.75) is 6.42 Å². The molecule has 162 valence electrons. The number of fused-ring (bicyclic) bond motifs is 3. The van der Waals surface area contributed by atoms with Crippen molar-refractivity contribution >= 4 is 11.8 Å². The summed E-state index contributed by atoms with van der Waals surface area (Å²) in [5.74, 6) is -2.69. The highest BCUT2D eigenvalue weighted by atomic mass is 19.2. The van der Waals surface area contributed by atoms with E-state index in [1.807, 2.05) is 6.07 Å². The van der Waals surface area contributed by atoms with Crippen LogP contribution < -0.4 is 5.73 Å². The molecule has 0 radical (unpaired) electrons. The molecule has 2 N–H and O–H groups in total. The molecule has 1 aliphatic carbocycles. The summed E-state index contributed by atoms with van der Waals surface area (Å²) in [4.78, 5) is 26.9. The number of ether oxygens (including phenoxy) is 1. The van der Waals surface area contributed by atoms with Gasteiger partial charge < -0.3 is 15.4 Å². The molecule has 1 fully saturated rings. The third-order valence-corrected chi connectivity index (χ3v) is 6.09. The molecule has 2 amide bonds. The van der Waals surface area contributed by atoms with E-state index in [2.05, 4.69) is 0 Å². The highest BCUT2D eigenvalue weighted by molar-refractivity contribution is 6.01. The van der Waals surface area contributed by atoms with E-state index in [1.54, 1.807) is 23.1 Å². The summed E-state index contributed by atoms with van der Waals surface area (Å²) < 4.78 is 33.7. The number of morpholine rings is 1. The number of carbonyl (C=O) groups is 2. The van der Waals surface area contributed by atoms with Crippen LogP contribution in [0.3, 0.4) is 0 Å². The minimum absolute atomic E-state index is 0.0456. The SMILES string of the molecule is NC(=O)c1cc(-c2cccc(F)c2F)cc2c1Cc1ccc(C(=O)N3CCOCC3)cc1-2. The monoisotopic (exact) mass is 434 g/mol. The van der Waals surface area contributed by atoms with E-state index in [-0.39, 0.29) is 17.0 Å². The smallest absolute Gasteiger partial charge is 0.254 e. The molecule has 32 heavy (non-hydrogen) atoms. The van der Waals surface area contributed by atoms with Gasteiger partial charge in [0.2, 0.25) is 5.91 Å². The lowest BCUT2D eigenvalue weighted by Gasteiger charge is -2.27. The van der Waals surface area contributed by atoms with Crippen molar-refractivity contribution in [1.82, 2.24) is 4.90 Å². The largest absolute Gasteiger partial charge is 0.378 e. The number of hydrogen-bond donors (Lipinski definition) is 1. The van der Waals surface area contributed by atoms with Gasteiger partial charge in [-0.2, -0.15) is 0 Å². The van der Waals surface area contributed by atoms with Crippen molar-refractivity contribution in [2.75, 3.05) is 26.3 Å². The van der Waals surface area contributed by atoms with Gasteiger partial charge in [0.1, 0.15) is 0 Å². The van der Waals surface area contributed by atoms with Crippen LogP contribution in [0.15, 0.2) is 48.5 Å². The molecule has 5 nitrogen and oxygen atoms in total. The average Bonchev–Trinajstić information content (AvgIpc) is 3.18. The van der Waals surface area contributed by atoms with E-state index in [4.69, 9.17) is 10.5 Å². The first-order valence-electron chi connectivity index (χ1n) is 10.4. The van der Waals surface area contributed by atoms with E-state index in [1.165, 1.54) is 18.2 Å². The van der Waals surface area contributed by atoms with Crippen LogP contribution in [-0.2, 0) is 11.2 Å². The Morgan fingerprint density at radius 2 is 1.72 bits per heavy atom. The second kappa shape index (κ2) is 7.84. The molecule has 0 spiro atoms. The van der Waals surface area contributed by atoms with E-state index >= 15 is 0 Å². The first kappa shape index (κ1) is 20.3. The highest BCUT2D eigenvalue weighted by Gasteiger charge is 2.27. The van der Waals surface area contributed by atoms with Gasteiger partial charge in [0.05, 0.1) is 13.2 Å². The molecule has 0 unspecified atom stereocenters. The lowest BCUT2D eigenvalue weighted by Crippen LogP contribution is -2.40. The third-order valence-electron chi connectivity index (χ3n) is 6.09. The van der Waals surface area contributed by atoms with Crippen LogP contribution in [0.25, 0.3) is 22.3 Å². The molecule has 1 aliphatic heterocycles. The molecule has 7 heteroatoms. The second-order valence-electron chi connectivity index (χ2n) is 7.97. The fourth-order valence-corrected chi connectivity index (χ4v) is 4.46. The third kappa shape index (κ3) is 3.35. The minimum atomic E-state index is -0.989. The van der Waals surface area contributed by atoms with Crippen molar-refractivity contribution in [1.29, 1.82) is 0 Å². The maximum absolute atomic E-state index is 14.5. The van der Waals surface area contributed by atoms with Crippen LogP contribution in [0.4, 0.5) is 8.78 Å². The predicted octanol–water partition coefficient (Wildman–Crippen LogP) is 3.77. The summed E-state index contributed by atoms with van der Waals surface area (Å²) in [5.41, 5.74) is 9.98. The molecular formula is C25H20F2N2O3. The fraction of sp³-hybridized carbons (Fsp3) is 0.200. The zero-order valence-electron chi connectivity index (χ0n) is 17.2. The van der Waals surface area contributed by atoms with E-state index < -0.39 is 17.5 Å². The van der Waals surface area contributed by atoms with Gasteiger partial charge in [-0.05, 0) is 64.6 Å². The Balaban J connectivity index is 1.63. The standard InChI is InChI=1S/C25H20F2N2O3/c26-22-3-1-2-17(23(22)27)16-12-19-18-11-15(25(31)29-6-8-32-9-7-29)5-4-14(18)10-20(19)21(13-16)24(28)30/h1-5,11-13H,6-10H2,(H2,28,30). The summed E-state index contributed by atoms with van der Waals surface area (Å²) in [6.07, 6.45) is 0.473. The van der Waals surface area contributed by atoms with Crippen LogP contribution in [0.5, 0.6) is 0 Å². The number of hydrogen-bond acceptors (Lipinski definition) is 3. The Bertz CT molecular complexity index is 1270. The zero-order chi connectivity index (χ0) is 22.4. The van der Waals surface area contributed by atoms with Crippen LogP contribution >= 0.6 is 0 Å². The van der Waals surface area contributed by atoms with Crippen molar-refractivity contribution in [3.05, 3.63) is 82.4 Å². The van der Waals surface area contributed by atoms with Gasteiger partial charge in [0, 0.05) is 29.8 Å². The van der Waals surface area contributed by atoms with Crippen molar-refractivity contribution in [3.8, 4) is 22.3 Å². The molecule has 5 rings (SSSR count). The number of rotatable bonds is 3. The van der Waals surface area contributed by atoms with Gasteiger partial charge in [-0.25, -0.2) is 8.78 Å². The summed E-state index contributed by atoms with van der Waals surface area (Å²) in [6.45, 7) is 2.07. The molecule has 1 heterocycles. The summed E-state index contributed by atoms with van der Waals surface area (Å²) in [7, 11) is 0. The van der Waals surface area contributed by atoms with Gasteiger partial charge in [-0.3, -0.25) is 9.59 Å². The predicted molar refractivity (Wildman–Crippen MR) is 115 cm³/mol. The molecular weight excluding hydrogens is 414 g/mol. The molecule has 0 saturated carbocycles. The molecule has 1 saturated heterocycles. The van der Waals surface area contributed by atoms with Gasteiger partial charge >= 0.3 is 0 Å². The summed E-state index contributed by atoms with van der Waals surface area (Å²) in [5, 5.41) is 0. The Labute approximate surface area is 183 Å². The van der Waals surface area contributed by atoms with Crippen LogP contribution in [0.1, 0.15) is 31.8 Å². The maximum Gasteiger partial charge on any atom is 0.254 e. The maximum atomic E-state index is 14.5. The Morgan fingerprint density at radius 1 is 0.938 bits per heavy atom. The lowest BCUT2D eigenvalue weighted by atomic mass is 9.93. The van der Waals surface area contributed by atoms with E-state index in [9.17, 15) is 18.4 Å². The van der Waals surface area contributed by atoms with Crippen LogP contribution in [0.2, 0.25) is 0 Å². The summed E-state index contributed by atoms with van der Waals surface area (Å²) in [6, 6.07) is 12.6. The number of nitrogens with two attached hydrogens (primary N) is 1. The Kier molecular flexibility index (Phi) is 4.98. The van der Waals surface area contributed by atoms with Crippen molar-refractivity contribution in [2.24, 2.45) is 5.73 Å². The second-order valence-corrected chi connectivity index (χ2v) is 7.97. The topological polar surface area (TPSA) is 72.6 Å². The molecule has 2 aliphatic rings. The van der Waals surface area contributed by atoms with Gasteiger partial charge in [-0.1, -0.05) is 18.2 Å². The van der Waals surface area contributed by atoms with Gasteiger partial charge in [-0.15, -0.1) is 0 Å². The zero-order valence-corrected chi connectivity index (χ0v) is 17.2. The van der Waals surface area contributed by atoms with Gasteiger partial charge in [0.25, 0.3) is 5.91 Å². The molecule has 3 aromatic carbocycles.